The Labute approximate surface area is 87.3 Å². The maximum atomic E-state index is 11.2. The van der Waals surface area contributed by atoms with Gasteiger partial charge >= 0.3 is 5.97 Å². The maximum absolute atomic E-state index is 11.2. The van der Waals surface area contributed by atoms with E-state index in [0.29, 0.717) is 5.75 Å². The van der Waals surface area contributed by atoms with Crippen LogP contribution in [0.3, 0.4) is 0 Å². The molecule has 0 radical (unpaired) electrons. The van der Waals surface area contributed by atoms with Crippen LogP contribution in [-0.2, 0) is 4.79 Å². The lowest BCUT2D eigenvalue weighted by Gasteiger charge is -2.07. The monoisotopic (exact) mass is 203 g/mol. The molecule has 0 aliphatic rings. The summed E-state index contributed by atoms with van der Waals surface area (Å²) in [7, 11) is 1.46. The summed E-state index contributed by atoms with van der Waals surface area (Å²) in [5.74, 6) is -0.0833. The number of esters is 1. The number of benzene rings is 1. The molecule has 1 aromatic rings. The number of para-hydroxylation sites is 2. The quantitative estimate of drug-likeness (QED) is 0.324. The molecule has 4 nitrogen and oxygen atoms in total. The molecule has 0 unspecified atom stereocenters. The van der Waals surface area contributed by atoms with Gasteiger partial charge in [0.15, 0.2) is 11.5 Å². The third-order valence-corrected chi connectivity index (χ3v) is 1.65. The highest BCUT2D eigenvalue weighted by atomic mass is 16.6. The minimum Gasteiger partial charge on any atom is -0.493 e. The standard InChI is InChI=1S/C11H9NO3/c1-8(7-12)11(13)15-10-6-4-3-5-9(10)14-2/h3-6H,1H2,2H3. The number of methoxy groups -OCH3 is 1. The third kappa shape index (κ3) is 2.58. The van der Waals surface area contributed by atoms with Crippen LogP contribution in [0.1, 0.15) is 0 Å². The summed E-state index contributed by atoms with van der Waals surface area (Å²) in [6.07, 6.45) is 0. The van der Waals surface area contributed by atoms with Gasteiger partial charge in [-0.15, -0.1) is 0 Å². The summed E-state index contributed by atoms with van der Waals surface area (Å²) in [5, 5.41) is 8.43. The molecule has 0 fully saturated rings. The fourth-order valence-electron chi connectivity index (χ4n) is 0.910. The largest absolute Gasteiger partial charge is 0.493 e. The molecule has 1 rings (SSSR count). The number of carbonyl (C=O) groups is 1. The van der Waals surface area contributed by atoms with Gasteiger partial charge in [0.1, 0.15) is 11.6 Å². The molecule has 1 aromatic carbocycles. The fourth-order valence-corrected chi connectivity index (χ4v) is 0.910. The number of carbonyl (C=O) groups excluding carboxylic acids is 1. The summed E-state index contributed by atoms with van der Waals surface area (Å²) < 4.78 is 9.87. The van der Waals surface area contributed by atoms with Gasteiger partial charge in [-0.3, -0.25) is 0 Å². The second kappa shape index (κ2) is 4.82. The zero-order chi connectivity index (χ0) is 11.3. The van der Waals surface area contributed by atoms with Crippen molar-refractivity contribution < 1.29 is 14.3 Å². The van der Waals surface area contributed by atoms with Crippen molar-refractivity contribution in [1.82, 2.24) is 0 Å². The molecule has 0 heterocycles. The number of ether oxygens (including phenoxy) is 2. The van der Waals surface area contributed by atoms with Crippen molar-refractivity contribution in [2.45, 2.75) is 0 Å². The van der Waals surface area contributed by atoms with E-state index in [1.165, 1.54) is 7.11 Å². The van der Waals surface area contributed by atoms with Crippen LogP contribution in [0.15, 0.2) is 36.4 Å². The molecular weight excluding hydrogens is 194 g/mol. The molecule has 0 aliphatic carbocycles. The third-order valence-electron chi connectivity index (χ3n) is 1.65. The van der Waals surface area contributed by atoms with Crippen molar-refractivity contribution in [3.05, 3.63) is 36.4 Å². The van der Waals surface area contributed by atoms with E-state index in [1.54, 1.807) is 30.3 Å². The Hall–Kier alpha value is -2.28. The lowest BCUT2D eigenvalue weighted by Crippen LogP contribution is -2.09. The van der Waals surface area contributed by atoms with Crippen LogP contribution in [0, 0.1) is 11.3 Å². The van der Waals surface area contributed by atoms with Gasteiger partial charge in [-0.1, -0.05) is 18.7 Å². The van der Waals surface area contributed by atoms with E-state index in [9.17, 15) is 4.79 Å². The van der Waals surface area contributed by atoms with Crippen LogP contribution in [0.5, 0.6) is 11.5 Å². The van der Waals surface area contributed by atoms with Crippen LogP contribution >= 0.6 is 0 Å². The average Bonchev–Trinajstić information content (AvgIpc) is 2.28. The fraction of sp³-hybridized carbons (Fsp3) is 0.0909. The molecule has 0 saturated carbocycles. The first-order chi connectivity index (χ1) is 7.19. The Bertz CT molecular complexity index is 432. The summed E-state index contributed by atoms with van der Waals surface area (Å²) in [5.41, 5.74) is -0.249. The smallest absolute Gasteiger partial charge is 0.353 e. The minimum absolute atomic E-state index is 0.249. The van der Waals surface area contributed by atoms with Crippen LogP contribution in [0.2, 0.25) is 0 Å². The molecule has 4 heteroatoms. The van der Waals surface area contributed by atoms with Crippen LogP contribution in [0.4, 0.5) is 0 Å². The van der Waals surface area contributed by atoms with Gasteiger partial charge in [-0.25, -0.2) is 4.79 Å². The lowest BCUT2D eigenvalue weighted by atomic mass is 10.3. The number of rotatable bonds is 3. The molecule has 0 amide bonds. The molecule has 0 spiro atoms. The van der Waals surface area contributed by atoms with E-state index in [2.05, 4.69) is 6.58 Å². The molecule has 0 aromatic heterocycles. The molecule has 0 bridgehead atoms. The summed E-state index contributed by atoms with van der Waals surface area (Å²) in [4.78, 5) is 11.2. The lowest BCUT2D eigenvalue weighted by molar-refractivity contribution is -0.129. The Balaban J connectivity index is 2.86. The summed E-state index contributed by atoms with van der Waals surface area (Å²) in [6, 6.07) is 8.27. The molecule has 0 aliphatic heterocycles. The van der Waals surface area contributed by atoms with Gasteiger partial charge in [-0.05, 0) is 12.1 Å². The first-order valence-corrected chi connectivity index (χ1v) is 4.13. The Morgan fingerprint density at radius 2 is 2.00 bits per heavy atom. The zero-order valence-electron chi connectivity index (χ0n) is 8.19. The first-order valence-electron chi connectivity index (χ1n) is 4.13. The van der Waals surface area contributed by atoms with Gasteiger partial charge in [0.05, 0.1) is 7.11 Å². The Morgan fingerprint density at radius 1 is 1.40 bits per heavy atom. The van der Waals surface area contributed by atoms with Crippen LogP contribution in [-0.4, -0.2) is 13.1 Å². The minimum atomic E-state index is -0.776. The van der Waals surface area contributed by atoms with Gasteiger partial charge < -0.3 is 9.47 Å². The predicted octanol–water partition coefficient (Wildman–Crippen LogP) is 1.68. The van der Waals surface area contributed by atoms with Crippen LogP contribution in [0.25, 0.3) is 0 Å². The van der Waals surface area contributed by atoms with E-state index in [-0.39, 0.29) is 11.3 Å². The first kappa shape index (κ1) is 10.8. The second-order valence-corrected chi connectivity index (χ2v) is 2.63. The van der Waals surface area contributed by atoms with Crippen molar-refractivity contribution in [3.63, 3.8) is 0 Å². The van der Waals surface area contributed by atoms with Crippen molar-refractivity contribution in [2.75, 3.05) is 7.11 Å². The van der Waals surface area contributed by atoms with E-state index < -0.39 is 5.97 Å². The highest BCUT2D eigenvalue weighted by molar-refractivity contribution is 5.93. The highest BCUT2D eigenvalue weighted by Gasteiger charge is 2.11. The van der Waals surface area contributed by atoms with E-state index in [1.807, 2.05) is 0 Å². The molecule has 15 heavy (non-hydrogen) atoms. The average molecular weight is 203 g/mol. The summed E-state index contributed by atoms with van der Waals surface area (Å²) in [6.45, 7) is 3.25. The summed E-state index contributed by atoms with van der Waals surface area (Å²) >= 11 is 0. The van der Waals surface area contributed by atoms with Gasteiger partial charge in [-0.2, -0.15) is 5.26 Å². The number of nitriles is 1. The van der Waals surface area contributed by atoms with Crippen LogP contribution < -0.4 is 9.47 Å². The molecule has 0 saturated heterocycles. The number of nitrogens with zero attached hydrogens (tertiary/aromatic N) is 1. The van der Waals surface area contributed by atoms with Gasteiger partial charge in [0.2, 0.25) is 0 Å². The molecule has 0 atom stereocenters. The van der Waals surface area contributed by atoms with Gasteiger partial charge in [0, 0.05) is 0 Å². The Morgan fingerprint density at radius 3 is 2.53 bits per heavy atom. The topological polar surface area (TPSA) is 59.3 Å². The van der Waals surface area contributed by atoms with Crippen molar-refractivity contribution in [1.29, 1.82) is 5.26 Å². The highest BCUT2D eigenvalue weighted by Crippen LogP contribution is 2.26. The van der Waals surface area contributed by atoms with E-state index >= 15 is 0 Å². The van der Waals surface area contributed by atoms with Gasteiger partial charge in [0.25, 0.3) is 0 Å². The second-order valence-electron chi connectivity index (χ2n) is 2.63. The maximum Gasteiger partial charge on any atom is 0.353 e. The van der Waals surface area contributed by atoms with Crippen molar-refractivity contribution >= 4 is 5.97 Å². The number of hydrogen-bond acceptors (Lipinski definition) is 4. The molecule has 0 N–H and O–H groups in total. The number of hydrogen-bond donors (Lipinski definition) is 0. The van der Waals surface area contributed by atoms with E-state index in [4.69, 9.17) is 14.7 Å². The van der Waals surface area contributed by atoms with Crippen molar-refractivity contribution in [3.8, 4) is 17.6 Å². The zero-order valence-corrected chi connectivity index (χ0v) is 8.19. The van der Waals surface area contributed by atoms with Crippen molar-refractivity contribution in [2.24, 2.45) is 0 Å². The SMILES string of the molecule is C=C(C#N)C(=O)Oc1ccccc1OC. The molecule has 76 valence electrons. The molecular formula is C11H9NO3. The van der Waals surface area contributed by atoms with E-state index in [0.717, 1.165) is 0 Å². The normalized spacial score (nSPS) is 8.80. The Kier molecular flexibility index (Phi) is 3.47. The predicted molar refractivity (Wildman–Crippen MR) is 53.4 cm³/mol.